The fourth-order valence-corrected chi connectivity index (χ4v) is 2.43. The van der Waals surface area contributed by atoms with Crippen molar-refractivity contribution in [3.8, 4) is 0 Å². The topological polar surface area (TPSA) is 35.2 Å². The smallest absolute Gasteiger partial charge is 0.0738 e. The Morgan fingerprint density at radius 2 is 2.40 bits per heavy atom. The van der Waals surface area contributed by atoms with E-state index in [4.69, 9.17) is 10.7 Å². The maximum Gasteiger partial charge on any atom is 0.0738 e. The van der Waals surface area contributed by atoms with Gasteiger partial charge in [0.25, 0.3) is 0 Å². The van der Waals surface area contributed by atoms with Crippen LogP contribution < -0.4 is 5.90 Å². The maximum absolute atomic E-state index is 5.07. The average molecular weight is 141 g/mol. The van der Waals surface area contributed by atoms with Gasteiger partial charge in [-0.3, -0.25) is 0 Å². The van der Waals surface area contributed by atoms with Gasteiger partial charge >= 0.3 is 0 Å². The molecule has 2 nitrogen and oxygen atoms in total. The van der Waals surface area contributed by atoms with Crippen LogP contribution in [-0.4, -0.2) is 6.61 Å². The Kier molecular flexibility index (Phi) is 1.46. The lowest BCUT2D eigenvalue weighted by Gasteiger charge is -2.19. The van der Waals surface area contributed by atoms with Crippen LogP contribution >= 0.6 is 0 Å². The Morgan fingerprint density at radius 3 is 3.10 bits per heavy atom. The van der Waals surface area contributed by atoms with E-state index in [1.165, 1.54) is 32.1 Å². The van der Waals surface area contributed by atoms with Crippen molar-refractivity contribution in [3.05, 3.63) is 0 Å². The predicted molar refractivity (Wildman–Crippen MR) is 39.1 cm³/mol. The molecule has 0 radical (unpaired) electrons. The Bertz CT molecular complexity index is 133. The third-order valence-electron chi connectivity index (χ3n) is 3.21. The van der Waals surface area contributed by atoms with Gasteiger partial charge in [-0.1, -0.05) is 12.8 Å². The van der Waals surface area contributed by atoms with Crippen molar-refractivity contribution in [1.29, 1.82) is 0 Å². The molecule has 2 aliphatic carbocycles. The normalized spacial score (nSPS) is 44.7. The summed E-state index contributed by atoms with van der Waals surface area (Å²) >= 11 is 0. The van der Waals surface area contributed by atoms with Crippen LogP contribution in [0.2, 0.25) is 0 Å². The molecule has 2 saturated carbocycles. The lowest BCUT2D eigenvalue weighted by atomic mass is 9.89. The number of fused-ring (bicyclic) bond motifs is 1. The maximum atomic E-state index is 5.07. The summed E-state index contributed by atoms with van der Waals surface area (Å²) in [5, 5.41) is 0. The van der Waals surface area contributed by atoms with E-state index in [-0.39, 0.29) is 0 Å². The first kappa shape index (κ1) is 6.62. The van der Waals surface area contributed by atoms with Crippen molar-refractivity contribution in [1.82, 2.24) is 0 Å². The molecule has 0 bridgehead atoms. The first-order valence-electron chi connectivity index (χ1n) is 4.19. The molecule has 58 valence electrons. The molecule has 2 fully saturated rings. The van der Waals surface area contributed by atoms with Crippen molar-refractivity contribution in [2.24, 2.45) is 17.2 Å². The highest BCUT2D eigenvalue weighted by atomic mass is 16.6. The van der Waals surface area contributed by atoms with Gasteiger partial charge in [0.2, 0.25) is 0 Å². The van der Waals surface area contributed by atoms with E-state index in [2.05, 4.69) is 0 Å². The molecule has 0 aromatic carbocycles. The highest BCUT2D eigenvalue weighted by Crippen LogP contribution is 2.61. The van der Waals surface area contributed by atoms with E-state index >= 15 is 0 Å². The lowest BCUT2D eigenvalue weighted by molar-refractivity contribution is 0.0734. The van der Waals surface area contributed by atoms with Crippen LogP contribution in [0.4, 0.5) is 0 Å². The number of hydrogen-bond donors (Lipinski definition) is 1. The monoisotopic (exact) mass is 141 g/mol. The molecule has 2 N–H and O–H groups in total. The molecule has 0 spiro atoms. The Balaban J connectivity index is 1.92. The molecule has 0 aromatic rings. The minimum atomic E-state index is 0.549. The molecule has 0 aromatic heterocycles. The molecular formula is C8H15NO. The second-order valence-electron chi connectivity index (χ2n) is 3.82. The van der Waals surface area contributed by atoms with E-state index < -0.39 is 0 Å². The fourth-order valence-electron chi connectivity index (χ4n) is 2.43. The predicted octanol–water partition coefficient (Wildman–Crippen LogP) is 1.46. The first-order chi connectivity index (χ1) is 4.87. The van der Waals surface area contributed by atoms with Gasteiger partial charge in [0, 0.05) is 0 Å². The standard InChI is InChI=1S/C8H15NO/c9-10-6-8-4-2-1-3-7(8)5-8/h7H,1-6,9H2. The average Bonchev–Trinajstić information content (AvgIpc) is 2.62. The largest absolute Gasteiger partial charge is 0.304 e. The number of nitrogens with two attached hydrogens (primary N) is 1. The summed E-state index contributed by atoms with van der Waals surface area (Å²) < 4.78 is 0. The summed E-state index contributed by atoms with van der Waals surface area (Å²) in [6.07, 6.45) is 6.97. The highest BCUT2D eigenvalue weighted by molar-refractivity contribution is 5.03. The van der Waals surface area contributed by atoms with E-state index in [1.807, 2.05) is 0 Å². The van der Waals surface area contributed by atoms with Gasteiger partial charge in [-0.2, -0.15) is 0 Å². The molecular weight excluding hydrogens is 126 g/mol. The van der Waals surface area contributed by atoms with Crippen molar-refractivity contribution >= 4 is 0 Å². The van der Waals surface area contributed by atoms with Crippen LogP contribution in [0.3, 0.4) is 0 Å². The molecule has 2 heteroatoms. The fraction of sp³-hybridized carbons (Fsp3) is 1.00. The SMILES string of the molecule is NOCC12CCCCC1C2. The molecule has 0 aliphatic heterocycles. The molecule has 2 atom stereocenters. The minimum Gasteiger partial charge on any atom is -0.304 e. The minimum absolute atomic E-state index is 0.549. The zero-order chi connectivity index (χ0) is 7.03. The Morgan fingerprint density at radius 1 is 1.50 bits per heavy atom. The molecule has 10 heavy (non-hydrogen) atoms. The van der Waals surface area contributed by atoms with Gasteiger partial charge in [-0.25, -0.2) is 5.90 Å². The van der Waals surface area contributed by atoms with E-state index in [1.54, 1.807) is 0 Å². The molecule has 2 aliphatic rings. The van der Waals surface area contributed by atoms with Crippen LogP contribution in [-0.2, 0) is 4.84 Å². The van der Waals surface area contributed by atoms with Crippen LogP contribution in [0.25, 0.3) is 0 Å². The van der Waals surface area contributed by atoms with Gasteiger partial charge in [0.1, 0.15) is 0 Å². The second kappa shape index (κ2) is 2.21. The summed E-state index contributed by atoms with van der Waals surface area (Å²) in [4.78, 5) is 4.73. The molecule has 0 amide bonds. The molecule has 2 rings (SSSR count). The summed E-state index contributed by atoms with van der Waals surface area (Å²) in [6.45, 7) is 0.803. The van der Waals surface area contributed by atoms with Gasteiger partial charge in [-0.05, 0) is 30.6 Å². The zero-order valence-electron chi connectivity index (χ0n) is 6.31. The van der Waals surface area contributed by atoms with Crippen molar-refractivity contribution < 1.29 is 4.84 Å². The third-order valence-corrected chi connectivity index (χ3v) is 3.21. The van der Waals surface area contributed by atoms with Gasteiger partial charge in [0.05, 0.1) is 6.61 Å². The van der Waals surface area contributed by atoms with Crippen LogP contribution in [0.1, 0.15) is 32.1 Å². The van der Waals surface area contributed by atoms with E-state index in [0.29, 0.717) is 5.41 Å². The van der Waals surface area contributed by atoms with E-state index in [0.717, 1.165) is 12.5 Å². The quantitative estimate of drug-likeness (QED) is 0.591. The van der Waals surface area contributed by atoms with E-state index in [9.17, 15) is 0 Å². The third kappa shape index (κ3) is 0.867. The van der Waals surface area contributed by atoms with Crippen molar-refractivity contribution in [3.63, 3.8) is 0 Å². The van der Waals surface area contributed by atoms with Gasteiger partial charge < -0.3 is 4.84 Å². The lowest BCUT2D eigenvalue weighted by Crippen LogP contribution is -2.18. The number of hydrogen-bond acceptors (Lipinski definition) is 2. The zero-order valence-corrected chi connectivity index (χ0v) is 6.31. The van der Waals surface area contributed by atoms with Crippen LogP contribution in [0.15, 0.2) is 0 Å². The highest BCUT2D eigenvalue weighted by Gasteiger charge is 2.54. The summed E-state index contributed by atoms with van der Waals surface area (Å²) in [5.74, 6) is 6.03. The van der Waals surface area contributed by atoms with Gasteiger partial charge in [-0.15, -0.1) is 0 Å². The van der Waals surface area contributed by atoms with Crippen LogP contribution in [0.5, 0.6) is 0 Å². The van der Waals surface area contributed by atoms with Crippen molar-refractivity contribution in [2.45, 2.75) is 32.1 Å². The number of rotatable bonds is 2. The molecule has 0 heterocycles. The van der Waals surface area contributed by atoms with Crippen LogP contribution in [0, 0.1) is 11.3 Å². The second-order valence-corrected chi connectivity index (χ2v) is 3.82. The Hall–Kier alpha value is -0.0800. The summed E-state index contributed by atoms with van der Waals surface area (Å²) in [7, 11) is 0. The summed E-state index contributed by atoms with van der Waals surface area (Å²) in [6, 6.07) is 0. The first-order valence-corrected chi connectivity index (χ1v) is 4.19. The molecule has 2 unspecified atom stereocenters. The summed E-state index contributed by atoms with van der Waals surface area (Å²) in [5.41, 5.74) is 0.549. The van der Waals surface area contributed by atoms with Gasteiger partial charge in [0.15, 0.2) is 0 Å². The Labute approximate surface area is 61.7 Å². The van der Waals surface area contributed by atoms with Crippen molar-refractivity contribution in [2.75, 3.05) is 6.61 Å². The molecule has 0 saturated heterocycles.